The second kappa shape index (κ2) is 3.65. The maximum atomic E-state index is 11.4. The molecule has 0 radical (unpaired) electrons. The van der Waals surface area contributed by atoms with Gasteiger partial charge in [-0.2, -0.15) is 0 Å². The van der Waals surface area contributed by atoms with E-state index in [1.54, 1.807) is 20.8 Å². The van der Waals surface area contributed by atoms with Crippen molar-refractivity contribution in [3.05, 3.63) is 34.2 Å². The Kier molecular flexibility index (Phi) is 2.74. The predicted octanol–water partition coefficient (Wildman–Crippen LogP) is 1.33. The maximum absolute atomic E-state index is 11.4. The molecule has 1 rings (SSSR count). The number of H-pyrrole nitrogens is 1. The summed E-state index contributed by atoms with van der Waals surface area (Å²) in [7, 11) is 0. The fourth-order valence-corrected chi connectivity index (χ4v) is 0.875. The minimum absolute atomic E-state index is 0.239. The molecule has 1 N–H and O–H groups in total. The SMILES string of the molecule is CC(C)(C)OC(=O)c1ccc(=O)[nH]c1. The van der Waals surface area contributed by atoms with Gasteiger partial charge in [0, 0.05) is 12.3 Å². The summed E-state index contributed by atoms with van der Waals surface area (Å²) in [5.41, 5.74) is -0.412. The molecule has 0 unspecified atom stereocenters. The van der Waals surface area contributed by atoms with Gasteiger partial charge in [-0.3, -0.25) is 4.79 Å². The quantitative estimate of drug-likeness (QED) is 0.688. The number of aromatic amines is 1. The lowest BCUT2D eigenvalue weighted by molar-refractivity contribution is 0.00691. The van der Waals surface area contributed by atoms with Crippen LogP contribution in [-0.4, -0.2) is 16.6 Å². The van der Waals surface area contributed by atoms with E-state index in [4.69, 9.17) is 4.74 Å². The zero-order valence-corrected chi connectivity index (χ0v) is 8.46. The van der Waals surface area contributed by atoms with Crippen molar-refractivity contribution in [1.29, 1.82) is 0 Å². The first-order valence-electron chi connectivity index (χ1n) is 4.30. The summed E-state index contributed by atoms with van der Waals surface area (Å²) in [5.74, 6) is -0.436. The number of esters is 1. The van der Waals surface area contributed by atoms with Crippen molar-refractivity contribution in [1.82, 2.24) is 4.98 Å². The molecule has 0 spiro atoms. The van der Waals surface area contributed by atoms with E-state index in [0.717, 1.165) is 0 Å². The van der Waals surface area contributed by atoms with E-state index in [2.05, 4.69) is 4.98 Å². The monoisotopic (exact) mass is 195 g/mol. The van der Waals surface area contributed by atoms with Crippen LogP contribution in [-0.2, 0) is 4.74 Å². The van der Waals surface area contributed by atoms with Crippen LogP contribution in [0.25, 0.3) is 0 Å². The zero-order chi connectivity index (χ0) is 10.8. The molecule has 0 bridgehead atoms. The van der Waals surface area contributed by atoms with Crippen molar-refractivity contribution in [2.24, 2.45) is 0 Å². The Labute approximate surface area is 81.9 Å². The average Bonchev–Trinajstić information content (AvgIpc) is 2.02. The fraction of sp³-hybridized carbons (Fsp3) is 0.400. The standard InChI is InChI=1S/C10H13NO3/c1-10(2,3)14-9(13)7-4-5-8(12)11-6-7/h4-6H,1-3H3,(H,11,12). The van der Waals surface area contributed by atoms with Gasteiger partial charge in [-0.05, 0) is 26.8 Å². The highest BCUT2D eigenvalue weighted by Crippen LogP contribution is 2.10. The van der Waals surface area contributed by atoms with Crippen LogP contribution in [0.1, 0.15) is 31.1 Å². The lowest BCUT2D eigenvalue weighted by Gasteiger charge is -2.19. The van der Waals surface area contributed by atoms with Crippen molar-refractivity contribution in [2.45, 2.75) is 26.4 Å². The zero-order valence-electron chi connectivity index (χ0n) is 8.46. The van der Waals surface area contributed by atoms with Crippen molar-refractivity contribution in [2.75, 3.05) is 0 Å². The Morgan fingerprint density at radius 3 is 2.43 bits per heavy atom. The molecular weight excluding hydrogens is 182 g/mol. The largest absolute Gasteiger partial charge is 0.456 e. The van der Waals surface area contributed by atoms with Crippen LogP contribution >= 0.6 is 0 Å². The number of ether oxygens (including phenoxy) is 1. The van der Waals surface area contributed by atoms with Gasteiger partial charge >= 0.3 is 5.97 Å². The first kappa shape index (κ1) is 10.5. The molecule has 0 aromatic carbocycles. The van der Waals surface area contributed by atoms with Gasteiger partial charge < -0.3 is 9.72 Å². The first-order chi connectivity index (χ1) is 6.38. The van der Waals surface area contributed by atoms with Crippen LogP contribution in [0.4, 0.5) is 0 Å². The minimum atomic E-state index is -0.521. The maximum Gasteiger partial charge on any atom is 0.340 e. The molecular formula is C10H13NO3. The molecule has 1 aromatic rings. The van der Waals surface area contributed by atoms with E-state index in [1.807, 2.05) is 0 Å². The summed E-state index contributed by atoms with van der Waals surface area (Å²) in [5, 5.41) is 0. The number of aromatic nitrogens is 1. The van der Waals surface area contributed by atoms with Crippen LogP contribution in [0.2, 0.25) is 0 Å². The molecule has 0 fully saturated rings. The number of nitrogens with one attached hydrogen (secondary N) is 1. The molecule has 0 aliphatic carbocycles. The Hall–Kier alpha value is -1.58. The Bertz CT molecular complexity index is 367. The number of carbonyl (C=O) groups excluding carboxylic acids is 1. The van der Waals surface area contributed by atoms with Crippen molar-refractivity contribution < 1.29 is 9.53 Å². The molecule has 4 nitrogen and oxygen atoms in total. The summed E-state index contributed by atoms with van der Waals surface area (Å²) in [4.78, 5) is 24.6. The summed E-state index contributed by atoms with van der Waals surface area (Å²) in [6.07, 6.45) is 1.34. The van der Waals surface area contributed by atoms with E-state index in [-0.39, 0.29) is 5.56 Å². The normalized spacial score (nSPS) is 11.1. The second-order valence-electron chi connectivity index (χ2n) is 3.94. The predicted molar refractivity (Wildman–Crippen MR) is 52.2 cm³/mol. The van der Waals surface area contributed by atoms with Gasteiger partial charge in [-0.25, -0.2) is 4.79 Å². The molecule has 1 aromatic heterocycles. The van der Waals surface area contributed by atoms with Gasteiger partial charge in [-0.1, -0.05) is 0 Å². The number of hydrogen-bond acceptors (Lipinski definition) is 3. The number of rotatable bonds is 1. The van der Waals surface area contributed by atoms with Crippen LogP contribution in [0.3, 0.4) is 0 Å². The third kappa shape index (κ3) is 3.05. The molecule has 14 heavy (non-hydrogen) atoms. The van der Waals surface area contributed by atoms with Gasteiger partial charge in [0.05, 0.1) is 5.56 Å². The number of pyridine rings is 1. The Balaban J connectivity index is 2.81. The van der Waals surface area contributed by atoms with Crippen LogP contribution in [0.5, 0.6) is 0 Å². The van der Waals surface area contributed by atoms with Crippen molar-refractivity contribution in [3.63, 3.8) is 0 Å². The van der Waals surface area contributed by atoms with Gasteiger partial charge in [0.15, 0.2) is 0 Å². The van der Waals surface area contributed by atoms with Gasteiger partial charge in [0.1, 0.15) is 5.60 Å². The molecule has 0 atom stereocenters. The van der Waals surface area contributed by atoms with Gasteiger partial charge in [-0.15, -0.1) is 0 Å². The number of carbonyl (C=O) groups is 1. The summed E-state index contributed by atoms with van der Waals surface area (Å²) in [6.45, 7) is 5.36. The lowest BCUT2D eigenvalue weighted by atomic mass is 10.2. The topological polar surface area (TPSA) is 59.2 Å². The molecule has 0 saturated carbocycles. The van der Waals surface area contributed by atoms with Crippen LogP contribution in [0, 0.1) is 0 Å². The molecule has 76 valence electrons. The summed E-state index contributed by atoms with van der Waals surface area (Å²) >= 11 is 0. The van der Waals surface area contributed by atoms with E-state index in [9.17, 15) is 9.59 Å². The van der Waals surface area contributed by atoms with E-state index in [1.165, 1.54) is 18.3 Å². The molecule has 0 saturated heterocycles. The van der Waals surface area contributed by atoms with Crippen LogP contribution < -0.4 is 5.56 Å². The molecule has 1 heterocycles. The second-order valence-corrected chi connectivity index (χ2v) is 3.94. The molecule has 0 aliphatic heterocycles. The smallest absolute Gasteiger partial charge is 0.340 e. The lowest BCUT2D eigenvalue weighted by Crippen LogP contribution is -2.24. The van der Waals surface area contributed by atoms with Gasteiger partial charge in [0.2, 0.25) is 5.56 Å². The Morgan fingerprint density at radius 1 is 1.36 bits per heavy atom. The van der Waals surface area contributed by atoms with E-state index < -0.39 is 11.6 Å². The highest BCUT2D eigenvalue weighted by atomic mass is 16.6. The van der Waals surface area contributed by atoms with E-state index in [0.29, 0.717) is 5.56 Å². The minimum Gasteiger partial charge on any atom is -0.456 e. The van der Waals surface area contributed by atoms with Crippen molar-refractivity contribution in [3.8, 4) is 0 Å². The van der Waals surface area contributed by atoms with Crippen molar-refractivity contribution >= 4 is 5.97 Å². The number of hydrogen-bond donors (Lipinski definition) is 1. The van der Waals surface area contributed by atoms with Crippen LogP contribution in [0.15, 0.2) is 23.1 Å². The Morgan fingerprint density at radius 2 is 2.00 bits per heavy atom. The van der Waals surface area contributed by atoms with E-state index >= 15 is 0 Å². The fourth-order valence-electron chi connectivity index (χ4n) is 0.875. The summed E-state index contributed by atoms with van der Waals surface area (Å²) < 4.78 is 5.10. The first-order valence-corrected chi connectivity index (χ1v) is 4.30. The highest BCUT2D eigenvalue weighted by Gasteiger charge is 2.17. The molecule has 0 aliphatic rings. The average molecular weight is 195 g/mol. The highest BCUT2D eigenvalue weighted by molar-refractivity contribution is 5.89. The molecule has 0 amide bonds. The summed E-state index contributed by atoms with van der Waals surface area (Å²) in [6, 6.07) is 2.73. The van der Waals surface area contributed by atoms with Gasteiger partial charge in [0.25, 0.3) is 0 Å². The molecule has 4 heteroatoms. The third-order valence-corrected chi connectivity index (χ3v) is 1.42. The third-order valence-electron chi connectivity index (χ3n) is 1.42.